The van der Waals surface area contributed by atoms with Gasteiger partial charge in [0.25, 0.3) is 11.6 Å². The highest BCUT2D eigenvalue weighted by atomic mass is 35.5. The number of methoxy groups -OCH3 is 1. The summed E-state index contributed by atoms with van der Waals surface area (Å²) in [5.74, 6) is -1.31. The molecule has 0 radical (unpaired) electrons. The summed E-state index contributed by atoms with van der Waals surface area (Å²) in [6, 6.07) is 6.34. The highest BCUT2D eigenvalue weighted by Gasteiger charge is 2.15. The van der Waals surface area contributed by atoms with E-state index in [1.165, 1.54) is 31.4 Å². The van der Waals surface area contributed by atoms with Crippen molar-refractivity contribution in [1.82, 2.24) is 0 Å². The van der Waals surface area contributed by atoms with Crippen molar-refractivity contribution in [2.24, 2.45) is 0 Å². The van der Waals surface area contributed by atoms with Gasteiger partial charge in [-0.05, 0) is 12.1 Å². The lowest BCUT2D eigenvalue weighted by Crippen LogP contribution is -2.24. The van der Waals surface area contributed by atoms with E-state index in [0.29, 0.717) is 0 Å². The molecule has 0 aliphatic rings. The van der Waals surface area contributed by atoms with Gasteiger partial charge in [-0.1, -0.05) is 34.8 Å². The van der Waals surface area contributed by atoms with Crippen molar-refractivity contribution >= 4 is 58.1 Å². The van der Waals surface area contributed by atoms with Crippen molar-refractivity contribution in [3.05, 3.63) is 55.5 Å². The molecule has 0 saturated heterocycles. The number of nitro groups is 1. The Kier molecular flexibility index (Phi) is 7.89. The third-order valence-corrected chi connectivity index (χ3v) is 4.37. The standard InChI is InChI=1S/C17H13Cl3N2O7/c1-27-15-4-9(22(25)26)2-3-13(15)21-16(23)7-29-17(24)8-28-14-6-11(19)10(18)5-12(14)20/h2-6H,7-8H2,1H3,(H,21,23). The van der Waals surface area contributed by atoms with Crippen molar-refractivity contribution < 1.29 is 28.7 Å². The number of ether oxygens (including phenoxy) is 3. The van der Waals surface area contributed by atoms with Gasteiger partial charge in [0.2, 0.25) is 0 Å². The lowest BCUT2D eigenvalue weighted by atomic mass is 10.2. The van der Waals surface area contributed by atoms with Crippen LogP contribution in [0.4, 0.5) is 11.4 Å². The van der Waals surface area contributed by atoms with Crippen LogP contribution in [-0.4, -0.2) is 37.1 Å². The maximum atomic E-state index is 11.9. The van der Waals surface area contributed by atoms with Crippen LogP contribution in [0.3, 0.4) is 0 Å². The first-order chi connectivity index (χ1) is 13.7. The first kappa shape index (κ1) is 22.5. The van der Waals surface area contributed by atoms with Crippen LogP contribution in [0.1, 0.15) is 0 Å². The average Bonchev–Trinajstić information content (AvgIpc) is 2.68. The second-order valence-electron chi connectivity index (χ2n) is 5.34. The van der Waals surface area contributed by atoms with E-state index < -0.39 is 30.0 Å². The summed E-state index contributed by atoms with van der Waals surface area (Å²) in [6.07, 6.45) is 0. The number of carbonyl (C=O) groups excluding carboxylic acids is 2. The Morgan fingerprint density at radius 3 is 2.38 bits per heavy atom. The van der Waals surface area contributed by atoms with Gasteiger partial charge >= 0.3 is 5.97 Å². The summed E-state index contributed by atoms with van der Waals surface area (Å²) in [6.45, 7) is -1.14. The number of nitrogens with one attached hydrogen (secondary N) is 1. The van der Waals surface area contributed by atoms with Gasteiger partial charge in [-0.2, -0.15) is 0 Å². The summed E-state index contributed by atoms with van der Waals surface area (Å²) in [7, 11) is 1.29. The Morgan fingerprint density at radius 2 is 1.72 bits per heavy atom. The number of benzene rings is 2. The summed E-state index contributed by atoms with van der Waals surface area (Å²) >= 11 is 17.6. The first-order valence-corrected chi connectivity index (χ1v) is 8.90. The number of nitro benzene ring substituents is 1. The Labute approximate surface area is 179 Å². The molecule has 2 aromatic rings. The number of hydrogen-bond donors (Lipinski definition) is 1. The quantitative estimate of drug-likeness (QED) is 0.271. The minimum atomic E-state index is -0.835. The van der Waals surface area contributed by atoms with Gasteiger partial charge in [0.05, 0.1) is 38.9 Å². The summed E-state index contributed by atoms with van der Waals surface area (Å²) in [5, 5.41) is 13.8. The van der Waals surface area contributed by atoms with Crippen LogP contribution in [0.2, 0.25) is 15.1 Å². The summed E-state index contributed by atoms with van der Waals surface area (Å²) < 4.78 is 15.0. The largest absolute Gasteiger partial charge is 0.494 e. The maximum absolute atomic E-state index is 11.9. The van der Waals surface area contributed by atoms with E-state index >= 15 is 0 Å². The van der Waals surface area contributed by atoms with Crippen LogP contribution in [0.15, 0.2) is 30.3 Å². The SMILES string of the molecule is COc1cc([N+](=O)[O-])ccc1NC(=O)COC(=O)COc1cc(Cl)c(Cl)cc1Cl. The molecule has 2 aromatic carbocycles. The van der Waals surface area contributed by atoms with Crippen LogP contribution in [-0.2, 0) is 14.3 Å². The molecule has 29 heavy (non-hydrogen) atoms. The van der Waals surface area contributed by atoms with Crippen LogP contribution >= 0.6 is 34.8 Å². The fraction of sp³-hybridized carbons (Fsp3) is 0.176. The monoisotopic (exact) mass is 462 g/mol. The third-order valence-electron chi connectivity index (χ3n) is 3.35. The molecule has 0 bridgehead atoms. The molecule has 9 nitrogen and oxygen atoms in total. The molecule has 0 spiro atoms. The molecular weight excluding hydrogens is 451 g/mol. The zero-order chi connectivity index (χ0) is 21.6. The van der Waals surface area contributed by atoms with Crippen molar-refractivity contribution in [1.29, 1.82) is 0 Å². The lowest BCUT2D eigenvalue weighted by molar-refractivity contribution is -0.384. The summed E-state index contributed by atoms with van der Waals surface area (Å²) in [4.78, 5) is 33.9. The van der Waals surface area contributed by atoms with E-state index in [0.717, 1.165) is 6.07 Å². The van der Waals surface area contributed by atoms with E-state index in [4.69, 9.17) is 49.0 Å². The zero-order valence-electron chi connectivity index (χ0n) is 14.7. The summed E-state index contributed by atoms with van der Waals surface area (Å²) in [5.41, 5.74) is -0.0256. The molecule has 0 saturated carbocycles. The first-order valence-electron chi connectivity index (χ1n) is 7.76. The minimum Gasteiger partial charge on any atom is -0.494 e. The highest BCUT2D eigenvalue weighted by molar-refractivity contribution is 6.43. The van der Waals surface area contributed by atoms with Crippen LogP contribution in [0, 0.1) is 10.1 Å². The van der Waals surface area contributed by atoms with Gasteiger partial charge in [0.1, 0.15) is 11.5 Å². The molecule has 0 aliphatic heterocycles. The zero-order valence-corrected chi connectivity index (χ0v) is 17.0. The van der Waals surface area contributed by atoms with E-state index in [1.807, 2.05) is 0 Å². The van der Waals surface area contributed by atoms with Gasteiger partial charge in [0, 0.05) is 12.1 Å². The molecule has 2 rings (SSSR count). The fourth-order valence-corrected chi connectivity index (χ4v) is 2.61. The van der Waals surface area contributed by atoms with Gasteiger partial charge in [-0.15, -0.1) is 0 Å². The Morgan fingerprint density at radius 1 is 1.03 bits per heavy atom. The van der Waals surface area contributed by atoms with Gasteiger partial charge in [0.15, 0.2) is 13.2 Å². The van der Waals surface area contributed by atoms with Crippen LogP contribution < -0.4 is 14.8 Å². The van der Waals surface area contributed by atoms with E-state index in [-0.39, 0.29) is 37.9 Å². The molecular formula is C17H13Cl3N2O7. The Bertz CT molecular complexity index is 953. The fourth-order valence-electron chi connectivity index (χ4n) is 2.02. The maximum Gasteiger partial charge on any atom is 0.344 e. The Hall–Kier alpha value is -2.75. The number of non-ortho nitro benzene ring substituents is 1. The van der Waals surface area contributed by atoms with Crippen LogP contribution in [0.5, 0.6) is 11.5 Å². The lowest BCUT2D eigenvalue weighted by Gasteiger charge is -2.11. The second kappa shape index (κ2) is 10.1. The van der Waals surface area contributed by atoms with Gasteiger partial charge < -0.3 is 19.5 Å². The van der Waals surface area contributed by atoms with Crippen molar-refractivity contribution in [3.8, 4) is 11.5 Å². The number of hydrogen-bond acceptors (Lipinski definition) is 7. The molecule has 0 aliphatic carbocycles. The number of amides is 1. The van der Waals surface area contributed by atoms with Gasteiger partial charge in [-0.25, -0.2) is 4.79 Å². The molecule has 0 unspecified atom stereocenters. The molecule has 0 atom stereocenters. The van der Waals surface area contributed by atoms with Crippen molar-refractivity contribution in [3.63, 3.8) is 0 Å². The number of halogens is 3. The number of nitrogens with zero attached hydrogens (tertiary/aromatic N) is 1. The van der Waals surface area contributed by atoms with Crippen molar-refractivity contribution in [2.75, 3.05) is 25.6 Å². The minimum absolute atomic E-state index is 0.0801. The molecule has 154 valence electrons. The topological polar surface area (TPSA) is 117 Å². The Balaban J connectivity index is 1.87. The van der Waals surface area contributed by atoms with E-state index in [9.17, 15) is 19.7 Å². The molecule has 0 heterocycles. The second-order valence-corrected chi connectivity index (χ2v) is 6.56. The predicted molar refractivity (Wildman–Crippen MR) is 106 cm³/mol. The predicted octanol–water partition coefficient (Wildman–Crippen LogP) is 4.12. The number of rotatable bonds is 8. The van der Waals surface area contributed by atoms with Crippen LogP contribution in [0.25, 0.3) is 0 Å². The third kappa shape index (κ3) is 6.38. The molecule has 1 amide bonds. The van der Waals surface area contributed by atoms with E-state index in [1.54, 1.807) is 0 Å². The van der Waals surface area contributed by atoms with Crippen molar-refractivity contribution in [2.45, 2.75) is 0 Å². The van der Waals surface area contributed by atoms with E-state index in [2.05, 4.69) is 5.32 Å². The highest BCUT2D eigenvalue weighted by Crippen LogP contribution is 2.33. The molecule has 0 fully saturated rings. The number of esters is 1. The van der Waals surface area contributed by atoms with Gasteiger partial charge in [-0.3, -0.25) is 14.9 Å². The smallest absolute Gasteiger partial charge is 0.344 e. The number of carbonyl (C=O) groups is 2. The number of anilines is 1. The molecule has 1 N–H and O–H groups in total. The average molecular weight is 464 g/mol. The molecule has 0 aromatic heterocycles. The molecule has 12 heteroatoms. The normalized spacial score (nSPS) is 10.2.